The number of hydrogen-bond donors (Lipinski definition) is 2. The van der Waals surface area contributed by atoms with Gasteiger partial charge in [-0.25, -0.2) is 0 Å². The van der Waals surface area contributed by atoms with Crippen LogP contribution in [-0.2, 0) is 11.3 Å². The zero-order valence-electron chi connectivity index (χ0n) is 13.2. The van der Waals surface area contributed by atoms with E-state index < -0.39 is 0 Å². The second-order valence-electron chi connectivity index (χ2n) is 5.83. The molecule has 0 bridgehead atoms. The molecule has 3 rings (SSSR count). The molecule has 23 heavy (non-hydrogen) atoms. The van der Waals surface area contributed by atoms with Gasteiger partial charge in [0.25, 0.3) is 0 Å². The third-order valence-corrected chi connectivity index (χ3v) is 4.48. The summed E-state index contributed by atoms with van der Waals surface area (Å²) in [6.07, 6.45) is 6.52. The molecule has 2 N–H and O–H groups in total. The van der Waals surface area contributed by atoms with Crippen molar-refractivity contribution >= 4 is 23.1 Å². The van der Waals surface area contributed by atoms with Crippen molar-refractivity contribution in [2.24, 2.45) is 0 Å². The van der Waals surface area contributed by atoms with Crippen LogP contribution < -0.4 is 5.32 Å². The van der Waals surface area contributed by atoms with Crippen LogP contribution in [0.4, 0.5) is 0 Å². The highest BCUT2D eigenvalue weighted by Crippen LogP contribution is 2.29. The number of halogens is 1. The molecule has 1 aromatic heterocycles. The maximum absolute atomic E-state index is 12.4. The Hall–Kier alpha value is -2.26. The van der Waals surface area contributed by atoms with Crippen LogP contribution >= 0.6 is 11.6 Å². The lowest BCUT2D eigenvalue weighted by molar-refractivity contribution is -0.117. The van der Waals surface area contributed by atoms with Crippen molar-refractivity contribution in [3.8, 4) is 0 Å². The standard InChI is InChI=1S/C19H19ClN2O/c1-12-10-21-13(2)18(12)11-22-19(23)16-4-3-15(9-16)14-5-7-17(20)8-6-14/h3-8,10,21H,9,11H2,1-2H3,(H,22,23). The minimum atomic E-state index is -0.00906. The van der Waals surface area contributed by atoms with Crippen LogP contribution in [0.1, 0.15) is 28.8 Å². The van der Waals surface area contributed by atoms with Crippen molar-refractivity contribution in [2.75, 3.05) is 0 Å². The second kappa shape index (κ2) is 6.47. The lowest BCUT2D eigenvalue weighted by Crippen LogP contribution is -2.24. The summed E-state index contributed by atoms with van der Waals surface area (Å²) in [5.41, 5.74) is 6.46. The molecule has 0 unspecified atom stereocenters. The summed E-state index contributed by atoms with van der Waals surface area (Å²) in [6.45, 7) is 4.61. The van der Waals surface area contributed by atoms with E-state index in [1.165, 1.54) is 5.56 Å². The SMILES string of the molecule is Cc1c[nH]c(C)c1CNC(=O)C1=CC=C(c2ccc(Cl)cc2)C1. The van der Waals surface area contributed by atoms with Gasteiger partial charge in [-0.15, -0.1) is 0 Å². The number of benzene rings is 1. The lowest BCUT2D eigenvalue weighted by Gasteiger charge is -2.08. The van der Waals surface area contributed by atoms with E-state index in [1.807, 2.05) is 56.5 Å². The number of aromatic amines is 1. The first-order chi connectivity index (χ1) is 11.0. The fourth-order valence-electron chi connectivity index (χ4n) is 2.78. The van der Waals surface area contributed by atoms with Gasteiger partial charge in [0.15, 0.2) is 0 Å². The summed E-state index contributed by atoms with van der Waals surface area (Å²) in [4.78, 5) is 15.5. The molecule has 0 aliphatic heterocycles. The molecule has 1 aromatic carbocycles. The molecule has 4 heteroatoms. The maximum atomic E-state index is 12.4. The Morgan fingerprint density at radius 1 is 1.22 bits per heavy atom. The van der Waals surface area contributed by atoms with Crippen LogP contribution in [0.2, 0.25) is 5.02 Å². The number of aromatic nitrogens is 1. The number of hydrogen-bond acceptors (Lipinski definition) is 1. The van der Waals surface area contributed by atoms with E-state index in [4.69, 9.17) is 11.6 Å². The van der Waals surface area contributed by atoms with Crippen molar-refractivity contribution < 1.29 is 4.79 Å². The molecule has 0 fully saturated rings. The number of H-pyrrole nitrogens is 1. The smallest absolute Gasteiger partial charge is 0.247 e. The Morgan fingerprint density at radius 3 is 2.61 bits per heavy atom. The first kappa shape index (κ1) is 15.6. The molecule has 0 saturated heterocycles. The highest BCUT2D eigenvalue weighted by molar-refractivity contribution is 6.30. The Bertz CT molecular complexity index is 778. The predicted molar refractivity (Wildman–Crippen MR) is 94.2 cm³/mol. The molecular weight excluding hydrogens is 308 g/mol. The summed E-state index contributed by atoms with van der Waals surface area (Å²) in [5.74, 6) is -0.00906. The average Bonchev–Trinajstić information content (AvgIpc) is 3.14. The average molecular weight is 327 g/mol. The van der Waals surface area contributed by atoms with Gasteiger partial charge >= 0.3 is 0 Å². The summed E-state index contributed by atoms with van der Waals surface area (Å²) in [5, 5.41) is 3.73. The highest BCUT2D eigenvalue weighted by Gasteiger charge is 2.17. The fourth-order valence-corrected chi connectivity index (χ4v) is 2.91. The Morgan fingerprint density at radius 2 is 1.96 bits per heavy atom. The van der Waals surface area contributed by atoms with Crippen LogP contribution in [0.15, 0.2) is 48.2 Å². The molecule has 0 saturated carbocycles. The Labute approximate surface area is 141 Å². The first-order valence-corrected chi connectivity index (χ1v) is 7.99. The number of carbonyl (C=O) groups is 1. The molecule has 1 aliphatic carbocycles. The molecule has 1 heterocycles. The topological polar surface area (TPSA) is 44.9 Å². The Kier molecular flexibility index (Phi) is 4.39. The molecule has 1 amide bonds. The third kappa shape index (κ3) is 3.40. The lowest BCUT2D eigenvalue weighted by atomic mass is 10.0. The van der Waals surface area contributed by atoms with Gasteiger partial charge in [0.1, 0.15) is 0 Å². The van der Waals surface area contributed by atoms with Gasteiger partial charge in [0.05, 0.1) is 0 Å². The number of nitrogens with one attached hydrogen (secondary N) is 2. The van der Waals surface area contributed by atoms with E-state index in [0.29, 0.717) is 13.0 Å². The minimum Gasteiger partial charge on any atom is -0.365 e. The summed E-state index contributed by atoms with van der Waals surface area (Å²) < 4.78 is 0. The van der Waals surface area contributed by atoms with Gasteiger partial charge in [-0.2, -0.15) is 0 Å². The van der Waals surface area contributed by atoms with Gasteiger partial charge in [-0.3, -0.25) is 4.79 Å². The number of carbonyl (C=O) groups excluding carboxylic acids is 1. The van der Waals surface area contributed by atoms with Gasteiger partial charge in [0.2, 0.25) is 5.91 Å². The van der Waals surface area contributed by atoms with Gasteiger partial charge < -0.3 is 10.3 Å². The third-order valence-electron chi connectivity index (χ3n) is 4.23. The van der Waals surface area contributed by atoms with E-state index in [9.17, 15) is 4.79 Å². The van der Waals surface area contributed by atoms with Crippen molar-refractivity contribution in [1.82, 2.24) is 10.3 Å². The number of amides is 1. The zero-order chi connectivity index (χ0) is 16.4. The molecule has 2 aromatic rings. The van der Waals surface area contributed by atoms with Crippen LogP contribution in [0.5, 0.6) is 0 Å². The fraction of sp³-hybridized carbons (Fsp3) is 0.211. The number of allylic oxidation sites excluding steroid dienone is 3. The largest absolute Gasteiger partial charge is 0.365 e. The first-order valence-electron chi connectivity index (χ1n) is 7.62. The van der Waals surface area contributed by atoms with E-state index in [-0.39, 0.29) is 5.91 Å². The van der Waals surface area contributed by atoms with Crippen molar-refractivity contribution in [3.63, 3.8) is 0 Å². The summed E-state index contributed by atoms with van der Waals surface area (Å²) in [7, 11) is 0. The van der Waals surface area contributed by atoms with Crippen LogP contribution in [-0.4, -0.2) is 10.9 Å². The highest BCUT2D eigenvalue weighted by atomic mass is 35.5. The minimum absolute atomic E-state index is 0.00906. The van der Waals surface area contributed by atoms with Crippen LogP contribution in [0, 0.1) is 13.8 Å². The van der Waals surface area contributed by atoms with Crippen molar-refractivity contribution in [3.05, 3.63) is 75.6 Å². The summed E-state index contributed by atoms with van der Waals surface area (Å²) in [6, 6.07) is 7.70. The van der Waals surface area contributed by atoms with E-state index in [1.54, 1.807) is 0 Å². The van der Waals surface area contributed by atoms with Gasteiger partial charge in [-0.05, 0) is 48.2 Å². The molecule has 0 radical (unpaired) electrons. The van der Waals surface area contributed by atoms with Crippen molar-refractivity contribution in [1.29, 1.82) is 0 Å². The van der Waals surface area contributed by atoms with Gasteiger partial charge in [-0.1, -0.05) is 35.9 Å². The zero-order valence-corrected chi connectivity index (χ0v) is 14.0. The van der Waals surface area contributed by atoms with E-state index in [0.717, 1.165) is 33.0 Å². The maximum Gasteiger partial charge on any atom is 0.247 e. The number of aryl methyl sites for hydroxylation is 2. The molecular formula is C19H19ClN2O. The molecule has 3 nitrogen and oxygen atoms in total. The van der Waals surface area contributed by atoms with E-state index in [2.05, 4.69) is 10.3 Å². The Balaban J connectivity index is 1.59. The monoisotopic (exact) mass is 326 g/mol. The predicted octanol–water partition coefficient (Wildman–Crippen LogP) is 4.31. The summed E-state index contributed by atoms with van der Waals surface area (Å²) >= 11 is 5.91. The van der Waals surface area contributed by atoms with Crippen LogP contribution in [0.3, 0.4) is 0 Å². The molecule has 118 valence electrons. The molecule has 0 spiro atoms. The quantitative estimate of drug-likeness (QED) is 0.863. The number of rotatable bonds is 4. The van der Waals surface area contributed by atoms with Crippen LogP contribution in [0.25, 0.3) is 5.57 Å². The second-order valence-corrected chi connectivity index (χ2v) is 6.26. The van der Waals surface area contributed by atoms with Gasteiger partial charge in [0, 0.05) is 35.5 Å². The molecule has 1 aliphatic rings. The normalized spacial score (nSPS) is 13.7. The molecule has 0 atom stereocenters. The van der Waals surface area contributed by atoms with Crippen molar-refractivity contribution in [2.45, 2.75) is 26.8 Å². The van der Waals surface area contributed by atoms with E-state index >= 15 is 0 Å².